The van der Waals surface area contributed by atoms with Gasteiger partial charge in [0.05, 0.1) is 5.52 Å². The van der Waals surface area contributed by atoms with E-state index in [0.29, 0.717) is 5.69 Å². The summed E-state index contributed by atoms with van der Waals surface area (Å²) in [7, 11) is 0. The van der Waals surface area contributed by atoms with Crippen LogP contribution in [0.4, 0.5) is 0 Å². The normalized spacial score (nSPS) is 13.1. The maximum Gasteiger partial charge on any atom is 0.186 e. The van der Waals surface area contributed by atoms with Gasteiger partial charge in [0.1, 0.15) is 5.69 Å². The molecule has 3 heteroatoms. The van der Waals surface area contributed by atoms with Crippen molar-refractivity contribution in [3.63, 3.8) is 0 Å². The summed E-state index contributed by atoms with van der Waals surface area (Å²) < 4.78 is 1.96. The molecule has 1 aromatic carbocycles. The maximum absolute atomic E-state index is 12.7. The summed E-state index contributed by atoms with van der Waals surface area (Å²) in [5.41, 5.74) is 1.70. The molecule has 0 N–H and O–H groups in total. The molecule has 0 bridgehead atoms. The van der Waals surface area contributed by atoms with Crippen LogP contribution >= 0.6 is 0 Å². The molecule has 0 amide bonds. The number of aromatic nitrogens is 2. The lowest BCUT2D eigenvalue weighted by Gasteiger charge is -2.10. The Morgan fingerprint density at radius 2 is 1.95 bits per heavy atom. The van der Waals surface area contributed by atoms with E-state index >= 15 is 0 Å². The Labute approximate surface area is 121 Å². The second-order valence-corrected chi connectivity index (χ2v) is 5.66. The molecule has 2 rings (SSSR count). The number of carbonyl (C=O) groups excluding carboxylic acids is 1. The van der Waals surface area contributed by atoms with Gasteiger partial charge in [0.25, 0.3) is 0 Å². The van der Waals surface area contributed by atoms with Gasteiger partial charge < -0.3 is 0 Å². The summed E-state index contributed by atoms with van der Waals surface area (Å²) in [6.45, 7) is 8.40. The molecule has 0 fully saturated rings. The molecule has 1 unspecified atom stereocenters. The molecule has 0 saturated heterocycles. The molecule has 0 aliphatic carbocycles. The third-order valence-corrected chi connectivity index (χ3v) is 3.84. The minimum absolute atomic E-state index is 0.0962. The van der Waals surface area contributed by atoms with Crippen LogP contribution in [0.15, 0.2) is 24.3 Å². The van der Waals surface area contributed by atoms with Gasteiger partial charge in [0.2, 0.25) is 0 Å². The lowest BCUT2D eigenvalue weighted by atomic mass is 9.93. The van der Waals surface area contributed by atoms with Gasteiger partial charge >= 0.3 is 0 Å². The minimum atomic E-state index is 0.0962. The quantitative estimate of drug-likeness (QED) is 0.719. The molecular formula is C17H24N2O. The Kier molecular flexibility index (Phi) is 4.58. The van der Waals surface area contributed by atoms with Crippen molar-refractivity contribution >= 4 is 16.7 Å². The first-order chi connectivity index (χ1) is 9.60. The van der Waals surface area contributed by atoms with E-state index in [4.69, 9.17) is 0 Å². The van der Waals surface area contributed by atoms with Gasteiger partial charge in [-0.2, -0.15) is 5.10 Å². The highest BCUT2D eigenvalue weighted by molar-refractivity contribution is 6.07. The number of Topliss-reactive ketones (excluding diaryl/α,β-unsaturated/α-hetero) is 1. The van der Waals surface area contributed by atoms with Gasteiger partial charge in [-0.1, -0.05) is 38.5 Å². The van der Waals surface area contributed by atoms with Crippen molar-refractivity contribution in [3.8, 4) is 0 Å². The summed E-state index contributed by atoms with van der Waals surface area (Å²) in [6, 6.07) is 8.28. The van der Waals surface area contributed by atoms with E-state index in [-0.39, 0.29) is 17.7 Å². The van der Waals surface area contributed by atoms with E-state index < -0.39 is 0 Å². The van der Waals surface area contributed by atoms with Gasteiger partial charge in [-0.05, 0) is 32.8 Å². The lowest BCUT2D eigenvalue weighted by molar-refractivity contribution is 0.0904. The SMILES string of the molecule is CCCC(CC)C(=O)c1nn(C(C)C)c2ccccc12. The van der Waals surface area contributed by atoms with E-state index in [1.54, 1.807) is 0 Å². The molecule has 20 heavy (non-hydrogen) atoms. The van der Waals surface area contributed by atoms with Gasteiger partial charge in [0, 0.05) is 17.3 Å². The Balaban J connectivity index is 2.51. The molecule has 1 atom stereocenters. The fourth-order valence-electron chi connectivity index (χ4n) is 2.73. The van der Waals surface area contributed by atoms with Crippen LogP contribution < -0.4 is 0 Å². The van der Waals surface area contributed by atoms with E-state index in [0.717, 1.165) is 30.2 Å². The molecular weight excluding hydrogens is 248 g/mol. The van der Waals surface area contributed by atoms with E-state index in [9.17, 15) is 4.79 Å². The maximum atomic E-state index is 12.7. The number of ketones is 1. The van der Waals surface area contributed by atoms with Crippen LogP contribution in [0.5, 0.6) is 0 Å². The fraction of sp³-hybridized carbons (Fsp3) is 0.529. The number of rotatable bonds is 6. The smallest absolute Gasteiger partial charge is 0.186 e. The number of nitrogens with zero attached hydrogens (tertiary/aromatic N) is 2. The van der Waals surface area contributed by atoms with E-state index in [1.165, 1.54) is 0 Å². The minimum Gasteiger partial charge on any atom is -0.292 e. The predicted molar refractivity (Wildman–Crippen MR) is 83.1 cm³/mol. The number of hydrogen-bond acceptors (Lipinski definition) is 2. The zero-order chi connectivity index (χ0) is 14.7. The third kappa shape index (κ3) is 2.62. The number of hydrogen-bond donors (Lipinski definition) is 0. The molecule has 0 aliphatic heterocycles. The molecule has 2 aromatic rings. The van der Waals surface area contributed by atoms with Crippen LogP contribution in [0, 0.1) is 5.92 Å². The molecule has 0 spiro atoms. The van der Waals surface area contributed by atoms with Crippen LogP contribution in [0.25, 0.3) is 10.9 Å². The number of fused-ring (bicyclic) bond motifs is 1. The summed E-state index contributed by atoms with van der Waals surface area (Å²) in [6.07, 6.45) is 2.86. The van der Waals surface area contributed by atoms with Crippen molar-refractivity contribution in [2.75, 3.05) is 0 Å². The number of carbonyl (C=O) groups is 1. The second-order valence-electron chi connectivity index (χ2n) is 5.66. The highest BCUT2D eigenvalue weighted by atomic mass is 16.1. The van der Waals surface area contributed by atoms with Crippen LogP contribution in [-0.4, -0.2) is 15.6 Å². The summed E-state index contributed by atoms with van der Waals surface area (Å²) in [4.78, 5) is 12.7. The number of para-hydroxylation sites is 1. The zero-order valence-corrected chi connectivity index (χ0v) is 12.9. The highest BCUT2D eigenvalue weighted by Crippen LogP contribution is 2.26. The monoisotopic (exact) mass is 272 g/mol. The summed E-state index contributed by atoms with van der Waals surface area (Å²) >= 11 is 0. The van der Waals surface area contributed by atoms with Crippen LogP contribution in [0.3, 0.4) is 0 Å². The topological polar surface area (TPSA) is 34.9 Å². The first kappa shape index (κ1) is 14.8. The Morgan fingerprint density at radius 3 is 2.55 bits per heavy atom. The van der Waals surface area contributed by atoms with Crippen LogP contribution in [0.1, 0.15) is 63.5 Å². The standard InChI is InChI=1S/C17H24N2O/c1-5-9-13(6-2)17(20)16-14-10-7-8-11-15(14)19(18-16)12(3)4/h7-8,10-13H,5-6,9H2,1-4H3. The average molecular weight is 272 g/mol. The Morgan fingerprint density at radius 1 is 1.25 bits per heavy atom. The predicted octanol–water partition coefficient (Wildman–Crippen LogP) is 4.63. The van der Waals surface area contributed by atoms with Crippen LogP contribution in [0.2, 0.25) is 0 Å². The second kappa shape index (κ2) is 6.21. The molecule has 1 heterocycles. The third-order valence-electron chi connectivity index (χ3n) is 3.84. The van der Waals surface area contributed by atoms with Crippen molar-refractivity contribution in [1.82, 2.24) is 9.78 Å². The molecule has 3 nitrogen and oxygen atoms in total. The average Bonchev–Trinajstić information content (AvgIpc) is 2.84. The highest BCUT2D eigenvalue weighted by Gasteiger charge is 2.23. The first-order valence-corrected chi connectivity index (χ1v) is 7.61. The molecule has 0 aliphatic rings. The molecule has 1 aromatic heterocycles. The summed E-state index contributed by atoms with van der Waals surface area (Å²) in [5, 5.41) is 5.59. The van der Waals surface area contributed by atoms with Gasteiger partial charge in [0.15, 0.2) is 5.78 Å². The van der Waals surface area contributed by atoms with Crippen molar-refractivity contribution < 1.29 is 4.79 Å². The molecule has 0 saturated carbocycles. The zero-order valence-electron chi connectivity index (χ0n) is 12.9. The van der Waals surface area contributed by atoms with Gasteiger partial charge in [-0.3, -0.25) is 9.48 Å². The van der Waals surface area contributed by atoms with Crippen LogP contribution in [-0.2, 0) is 0 Å². The Hall–Kier alpha value is -1.64. The van der Waals surface area contributed by atoms with Crippen molar-refractivity contribution in [2.24, 2.45) is 5.92 Å². The van der Waals surface area contributed by atoms with E-state index in [1.807, 2.05) is 28.9 Å². The fourth-order valence-corrected chi connectivity index (χ4v) is 2.73. The lowest BCUT2D eigenvalue weighted by Crippen LogP contribution is -2.15. The van der Waals surface area contributed by atoms with Gasteiger partial charge in [-0.25, -0.2) is 0 Å². The summed E-state index contributed by atoms with van der Waals surface area (Å²) in [5.74, 6) is 0.295. The Bertz CT molecular complexity index is 598. The largest absolute Gasteiger partial charge is 0.292 e. The van der Waals surface area contributed by atoms with Crippen molar-refractivity contribution in [3.05, 3.63) is 30.0 Å². The van der Waals surface area contributed by atoms with Gasteiger partial charge in [-0.15, -0.1) is 0 Å². The number of benzene rings is 1. The molecule has 108 valence electrons. The molecule has 0 radical (unpaired) electrons. The van der Waals surface area contributed by atoms with Crippen molar-refractivity contribution in [2.45, 2.75) is 53.0 Å². The van der Waals surface area contributed by atoms with Crippen molar-refractivity contribution in [1.29, 1.82) is 0 Å². The van der Waals surface area contributed by atoms with E-state index in [2.05, 4.69) is 32.8 Å². The first-order valence-electron chi connectivity index (χ1n) is 7.61.